The molecule has 0 fully saturated rings. The van der Waals surface area contributed by atoms with Crippen molar-refractivity contribution in [2.45, 2.75) is 57.8 Å². The highest BCUT2D eigenvalue weighted by Crippen LogP contribution is 2.38. The quantitative estimate of drug-likeness (QED) is 0.589. The predicted octanol–water partition coefficient (Wildman–Crippen LogP) is 6.17. The number of halogens is 1. The lowest BCUT2D eigenvalue weighted by molar-refractivity contribution is 0.533. The molecule has 2 aromatic carbocycles. The summed E-state index contributed by atoms with van der Waals surface area (Å²) in [7, 11) is 0. The summed E-state index contributed by atoms with van der Waals surface area (Å²) in [4.78, 5) is 0. The van der Waals surface area contributed by atoms with E-state index in [9.17, 15) is 4.39 Å². The van der Waals surface area contributed by atoms with Gasteiger partial charge in [0.25, 0.3) is 0 Å². The van der Waals surface area contributed by atoms with E-state index in [0.717, 1.165) is 18.8 Å². The third-order valence-electron chi connectivity index (χ3n) is 6.07. The van der Waals surface area contributed by atoms with Crippen LogP contribution in [0.25, 0.3) is 0 Å². The molecule has 0 heterocycles. The summed E-state index contributed by atoms with van der Waals surface area (Å²) in [5.74, 6) is 1.12. The van der Waals surface area contributed by atoms with E-state index in [4.69, 9.17) is 0 Å². The van der Waals surface area contributed by atoms with Crippen molar-refractivity contribution in [3.8, 4) is 0 Å². The molecule has 2 atom stereocenters. The van der Waals surface area contributed by atoms with E-state index in [0.29, 0.717) is 5.92 Å². The Morgan fingerprint density at radius 3 is 2.32 bits per heavy atom. The fraction of sp³-hybridized carbons (Fsp3) is 0.417. The first-order valence-corrected chi connectivity index (χ1v) is 9.79. The van der Waals surface area contributed by atoms with Gasteiger partial charge in [-0.1, -0.05) is 43.3 Å². The lowest BCUT2D eigenvalue weighted by Crippen LogP contribution is -2.20. The Balaban J connectivity index is 1.55. The molecule has 0 saturated heterocycles. The van der Waals surface area contributed by atoms with E-state index in [1.165, 1.54) is 43.2 Å². The van der Waals surface area contributed by atoms with Crippen LogP contribution in [0.15, 0.2) is 48.6 Å². The average molecular weight is 334 g/mol. The van der Waals surface area contributed by atoms with Gasteiger partial charge in [-0.25, -0.2) is 4.39 Å². The second kappa shape index (κ2) is 7.15. The summed E-state index contributed by atoms with van der Waals surface area (Å²) in [6.07, 6.45) is 13.1. The van der Waals surface area contributed by atoms with Crippen LogP contribution < -0.4 is 0 Å². The van der Waals surface area contributed by atoms with Gasteiger partial charge < -0.3 is 0 Å². The van der Waals surface area contributed by atoms with Crippen LogP contribution >= 0.6 is 0 Å². The molecular weight excluding hydrogens is 307 g/mol. The Morgan fingerprint density at radius 1 is 0.920 bits per heavy atom. The Bertz CT molecular complexity index is 769. The van der Waals surface area contributed by atoms with Crippen molar-refractivity contribution in [2.75, 3.05) is 0 Å². The van der Waals surface area contributed by atoms with Gasteiger partial charge in [-0.05, 0) is 96.7 Å². The first-order chi connectivity index (χ1) is 12.2. The van der Waals surface area contributed by atoms with Crippen molar-refractivity contribution in [3.05, 3.63) is 82.2 Å². The summed E-state index contributed by atoms with van der Waals surface area (Å²) < 4.78 is 13.2. The zero-order chi connectivity index (χ0) is 17.2. The molecule has 2 aliphatic rings. The van der Waals surface area contributed by atoms with Crippen LogP contribution in [0.1, 0.15) is 59.9 Å². The van der Waals surface area contributed by atoms with Crippen LogP contribution in [-0.4, -0.2) is 0 Å². The second-order valence-electron chi connectivity index (χ2n) is 7.67. The summed E-state index contributed by atoms with van der Waals surface area (Å²) in [6.45, 7) is 2.21. The van der Waals surface area contributed by atoms with Crippen LogP contribution in [-0.2, 0) is 25.7 Å². The van der Waals surface area contributed by atoms with E-state index in [-0.39, 0.29) is 5.82 Å². The smallest absolute Gasteiger partial charge is 0.123 e. The molecule has 25 heavy (non-hydrogen) atoms. The maximum absolute atomic E-state index is 13.2. The molecule has 0 N–H and O–H groups in total. The Kier molecular flexibility index (Phi) is 4.74. The first-order valence-electron chi connectivity index (χ1n) is 9.79. The highest BCUT2D eigenvalue weighted by atomic mass is 19.1. The van der Waals surface area contributed by atoms with E-state index in [2.05, 4.69) is 31.2 Å². The third kappa shape index (κ3) is 3.42. The first kappa shape index (κ1) is 16.6. The van der Waals surface area contributed by atoms with Crippen LogP contribution in [0, 0.1) is 11.7 Å². The highest BCUT2D eigenvalue weighted by molar-refractivity contribution is 5.45. The fourth-order valence-corrected chi connectivity index (χ4v) is 4.71. The standard InChI is InChI=1S/C24H27F/c1-2-3-4-17-5-13-23-20(15-17)6-7-21-16-19(10-14-24(21)23)18-8-11-22(25)12-9-18/h3-4,6-9,11-12,17,19H,2,5,10,13-16H2,1H3/t17-,19-/m0/s1. The Morgan fingerprint density at radius 2 is 1.60 bits per heavy atom. The van der Waals surface area contributed by atoms with Crippen LogP contribution in [0.2, 0.25) is 0 Å². The van der Waals surface area contributed by atoms with E-state index < -0.39 is 0 Å². The van der Waals surface area contributed by atoms with Gasteiger partial charge in [0.2, 0.25) is 0 Å². The number of rotatable bonds is 3. The monoisotopic (exact) mass is 334 g/mol. The number of hydrogen-bond donors (Lipinski definition) is 0. The maximum Gasteiger partial charge on any atom is 0.123 e. The zero-order valence-electron chi connectivity index (χ0n) is 15.1. The Labute approximate surface area is 150 Å². The van der Waals surface area contributed by atoms with Crippen molar-refractivity contribution in [1.82, 2.24) is 0 Å². The predicted molar refractivity (Wildman–Crippen MR) is 103 cm³/mol. The van der Waals surface area contributed by atoms with E-state index in [1.807, 2.05) is 12.1 Å². The second-order valence-corrected chi connectivity index (χ2v) is 7.67. The lowest BCUT2D eigenvalue weighted by Gasteiger charge is -2.31. The van der Waals surface area contributed by atoms with Crippen LogP contribution in [0.3, 0.4) is 0 Å². The van der Waals surface area contributed by atoms with Crippen LogP contribution in [0.4, 0.5) is 4.39 Å². The number of hydrogen-bond acceptors (Lipinski definition) is 0. The van der Waals surface area contributed by atoms with Gasteiger partial charge in [0, 0.05) is 0 Å². The molecular formula is C24H27F. The normalized spacial score (nSPS) is 22.6. The summed E-state index contributed by atoms with van der Waals surface area (Å²) >= 11 is 0. The molecule has 2 aromatic rings. The largest absolute Gasteiger partial charge is 0.207 e. The molecule has 0 amide bonds. The van der Waals surface area contributed by atoms with Crippen molar-refractivity contribution >= 4 is 0 Å². The van der Waals surface area contributed by atoms with Crippen molar-refractivity contribution in [2.24, 2.45) is 5.92 Å². The molecule has 0 nitrogen and oxygen atoms in total. The minimum absolute atomic E-state index is 0.138. The molecule has 0 unspecified atom stereocenters. The van der Waals surface area contributed by atoms with Gasteiger partial charge in [-0.15, -0.1) is 0 Å². The van der Waals surface area contributed by atoms with Crippen molar-refractivity contribution in [3.63, 3.8) is 0 Å². The van der Waals surface area contributed by atoms with Gasteiger partial charge in [0.05, 0.1) is 0 Å². The lowest BCUT2D eigenvalue weighted by atomic mass is 9.74. The molecule has 0 aliphatic heterocycles. The zero-order valence-corrected chi connectivity index (χ0v) is 15.1. The molecule has 2 aliphatic carbocycles. The summed E-state index contributed by atoms with van der Waals surface area (Å²) in [6, 6.07) is 11.9. The molecule has 0 aromatic heterocycles. The van der Waals surface area contributed by atoms with E-state index in [1.54, 1.807) is 28.8 Å². The summed E-state index contributed by atoms with van der Waals surface area (Å²) in [5.41, 5.74) is 7.68. The number of benzene rings is 2. The maximum atomic E-state index is 13.2. The molecule has 0 bridgehead atoms. The summed E-state index contributed by atoms with van der Waals surface area (Å²) in [5, 5.41) is 0. The minimum Gasteiger partial charge on any atom is -0.207 e. The fourth-order valence-electron chi connectivity index (χ4n) is 4.71. The molecule has 0 radical (unpaired) electrons. The van der Waals surface area contributed by atoms with Gasteiger partial charge in [-0.2, -0.15) is 0 Å². The molecule has 0 spiro atoms. The highest BCUT2D eigenvalue weighted by Gasteiger charge is 2.26. The van der Waals surface area contributed by atoms with Gasteiger partial charge in [-0.3, -0.25) is 0 Å². The van der Waals surface area contributed by atoms with Crippen molar-refractivity contribution in [1.29, 1.82) is 0 Å². The molecule has 1 heteroatoms. The van der Waals surface area contributed by atoms with Gasteiger partial charge >= 0.3 is 0 Å². The van der Waals surface area contributed by atoms with Crippen molar-refractivity contribution < 1.29 is 4.39 Å². The van der Waals surface area contributed by atoms with E-state index >= 15 is 0 Å². The SMILES string of the molecule is CCC=C[C@H]1CCc2c(ccc3c2CC[C@H](c2ccc(F)cc2)C3)C1. The third-order valence-corrected chi connectivity index (χ3v) is 6.07. The van der Waals surface area contributed by atoms with Gasteiger partial charge in [0.1, 0.15) is 5.82 Å². The number of fused-ring (bicyclic) bond motifs is 3. The number of allylic oxidation sites excluding steroid dienone is 2. The van der Waals surface area contributed by atoms with Gasteiger partial charge in [0.15, 0.2) is 0 Å². The molecule has 4 rings (SSSR count). The Hall–Kier alpha value is -1.89. The minimum atomic E-state index is -0.138. The molecule has 0 saturated carbocycles. The van der Waals surface area contributed by atoms with Crippen LogP contribution in [0.5, 0.6) is 0 Å². The topological polar surface area (TPSA) is 0 Å². The average Bonchev–Trinajstić information content (AvgIpc) is 2.66. The molecule has 130 valence electrons.